The predicted octanol–water partition coefficient (Wildman–Crippen LogP) is 1.21. The van der Waals surface area contributed by atoms with Crippen LogP contribution in [-0.2, 0) is 6.42 Å². The number of nitrogens with two attached hydrogens (primary N) is 1. The molecule has 0 bridgehead atoms. The molecule has 0 aliphatic rings. The fourth-order valence-electron chi connectivity index (χ4n) is 1.22. The summed E-state index contributed by atoms with van der Waals surface area (Å²) in [6.45, 7) is 2.71. The molecule has 0 fully saturated rings. The summed E-state index contributed by atoms with van der Waals surface area (Å²) in [6.07, 6.45) is 5.09. The van der Waals surface area contributed by atoms with Crippen molar-refractivity contribution in [3.05, 3.63) is 23.0 Å². The molecule has 3 nitrogen and oxygen atoms in total. The third kappa shape index (κ3) is 1.23. The largest absolute Gasteiger partial charge is 0.330 e. The Kier molecular flexibility index (Phi) is 1.86. The van der Waals surface area contributed by atoms with Gasteiger partial charge in [-0.1, -0.05) is 0 Å². The van der Waals surface area contributed by atoms with Crippen molar-refractivity contribution in [1.82, 2.24) is 9.38 Å². The van der Waals surface area contributed by atoms with Crippen molar-refractivity contribution in [2.45, 2.75) is 13.3 Å². The quantitative estimate of drug-likeness (QED) is 0.756. The van der Waals surface area contributed by atoms with Gasteiger partial charge < -0.3 is 5.73 Å². The van der Waals surface area contributed by atoms with Gasteiger partial charge in [-0.15, -0.1) is 11.3 Å². The fraction of sp³-hybridized carbons (Fsp3) is 0.375. The van der Waals surface area contributed by atoms with Crippen LogP contribution in [0.1, 0.15) is 10.6 Å². The van der Waals surface area contributed by atoms with Crippen molar-refractivity contribution in [1.29, 1.82) is 0 Å². The molecule has 0 aromatic carbocycles. The van der Waals surface area contributed by atoms with E-state index in [-0.39, 0.29) is 0 Å². The maximum atomic E-state index is 5.46. The van der Waals surface area contributed by atoms with E-state index in [4.69, 9.17) is 5.73 Å². The molecule has 0 atom stereocenters. The number of rotatable bonds is 2. The minimum atomic E-state index is 0.711. The van der Waals surface area contributed by atoms with Crippen LogP contribution in [0.4, 0.5) is 0 Å². The Labute approximate surface area is 74.8 Å². The van der Waals surface area contributed by atoms with Crippen LogP contribution in [0.25, 0.3) is 4.96 Å². The summed E-state index contributed by atoms with van der Waals surface area (Å²) < 4.78 is 2.06. The number of thiazole rings is 1. The van der Waals surface area contributed by atoms with Crippen molar-refractivity contribution in [2.75, 3.05) is 6.54 Å². The zero-order valence-corrected chi connectivity index (χ0v) is 7.77. The molecule has 2 heterocycles. The second kappa shape index (κ2) is 2.88. The lowest BCUT2D eigenvalue weighted by Crippen LogP contribution is -2.00. The van der Waals surface area contributed by atoms with E-state index < -0.39 is 0 Å². The van der Waals surface area contributed by atoms with Gasteiger partial charge >= 0.3 is 0 Å². The summed E-state index contributed by atoms with van der Waals surface area (Å²) >= 11 is 1.71. The lowest BCUT2D eigenvalue weighted by Gasteiger charge is -1.86. The lowest BCUT2D eigenvalue weighted by atomic mass is 10.4. The summed E-state index contributed by atoms with van der Waals surface area (Å²) in [6, 6.07) is 0. The van der Waals surface area contributed by atoms with Gasteiger partial charge in [-0.05, 0) is 19.9 Å². The zero-order valence-electron chi connectivity index (χ0n) is 6.95. The first-order valence-corrected chi connectivity index (χ1v) is 4.75. The van der Waals surface area contributed by atoms with Crippen molar-refractivity contribution < 1.29 is 0 Å². The van der Waals surface area contributed by atoms with E-state index in [1.54, 1.807) is 11.3 Å². The van der Waals surface area contributed by atoms with Crippen LogP contribution < -0.4 is 5.73 Å². The molecule has 2 aromatic heterocycles. The molecule has 0 aliphatic heterocycles. The Hall–Kier alpha value is -0.870. The van der Waals surface area contributed by atoms with Crippen molar-refractivity contribution >= 4 is 16.3 Å². The minimum absolute atomic E-state index is 0.711. The van der Waals surface area contributed by atoms with Crippen LogP contribution in [-0.4, -0.2) is 15.9 Å². The third-order valence-electron chi connectivity index (χ3n) is 1.71. The second-order valence-corrected chi connectivity index (χ2v) is 3.90. The number of fused-ring (bicyclic) bond motifs is 1. The zero-order chi connectivity index (χ0) is 8.55. The van der Waals surface area contributed by atoms with Crippen LogP contribution in [0, 0.1) is 6.92 Å². The average molecular weight is 181 g/mol. The highest BCUT2D eigenvalue weighted by molar-refractivity contribution is 7.17. The van der Waals surface area contributed by atoms with E-state index in [1.165, 1.54) is 4.88 Å². The van der Waals surface area contributed by atoms with E-state index in [0.717, 1.165) is 17.1 Å². The molecule has 0 saturated carbocycles. The molecule has 0 saturated heterocycles. The van der Waals surface area contributed by atoms with Gasteiger partial charge in [0, 0.05) is 17.3 Å². The van der Waals surface area contributed by atoms with Crippen LogP contribution in [0.2, 0.25) is 0 Å². The second-order valence-electron chi connectivity index (χ2n) is 2.81. The number of hydrogen-bond donors (Lipinski definition) is 1. The van der Waals surface area contributed by atoms with Crippen molar-refractivity contribution in [3.8, 4) is 0 Å². The third-order valence-corrected chi connectivity index (χ3v) is 2.77. The average Bonchev–Trinajstić information content (AvgIpc) is 2.44. The van der Waals surface area contributed by atoms with Crippen molar-refractivity contribution in [3.63, 3.8) is 0 Å². The molecule has 0 spiro atoms. The molecular formula is C8H11N3S. The fourth-order valence-corrected chi connectivity index (χ4v) is 2.24. The maximum absolute atomic E-state index is 5.46. The standard InChI is InChI=1S/C8H11N3S/c1-6-4-11-5-7(2-3-9)12-8(11)10-6/h4-5H,2-3,9H2,1H3. The number of nitrogens with zero attached hydrogens (tertiary/aromatic N) is 2. The lowest BCUT2D eigenvalue weighted by molar-refractivity contribution is 0.979. The van der Waals surface area contributed by atoms with Crippen molar-refractivity contribution in [2.24, 2.45) is 5.73 Å². The summed E-state index contributed by atoms with van der Waals surface area (Å²) in [5.74, 6) is 0. The molecular weight excluding hydrogens is 170 g/mol. The first-order chi connectivity index (χ1) is 5.79. The molecule has 0 unspecified atom stereocenters. The number of aryl methyl sites for hydroxylation is 1. The molecule has 4 heteroatoms. The van der Waals surface area contributed by atoms with Gasteiger partial charge in [-0.25, -0.2) is 4.98 Å². The normalized spacial score (nSPS) is 11.2. The Morgan fingerprint density at radius 3 is 3.08 bits per heavy atom. The van der Waals surface area contributed by atoms with E-state index in [2.05, 4.69) is 15.6 Å². The summed E-state index contributed by atoms with van der Waals surface area (Å²) in [4.78, 5) is 6.73. The van der Waals surface area contributed by atoms with E-state index >= 15 is 0 Å². The maximum Gasteiger partial charge on any atom is 0.194 e. The highest BCUT2D eigenvalue weighted by atomic mass is 32.1. The summed E-state index contributed by atoms with van der Waals surface area (Å²) in [7, 11) is 0. The molecule has 64 valence electrons. The van der Waals surface area contributed by atoms with E-state index in [1.807, 2.05) is 13.1 Å². The van der Waals surface area contributed by atoms with Crippen LogP contribution in [0.15, 0.2) is 12.4 Å². The summed E-state index contributed by atoms with van der Waals surface area (Å²) in [5, 5.41) is 0. The first-order valence-electron chi connectivity index (χ1n) is 3.93. The Morgan fingerprint density at radius 1 is 1.58 bits per heavy atom. The van der Waals surface area contributed by atoms with Crippen LogP contribution >= 0.6 is 11.3 Å². The SMILES string of the molecule is Cc1cn2cc(CCN)sc2n1. The van der Waals surface area contributed by atoms with Gasteiger partial charge in [0.15, 0.2) is 4.96 Å². The van der Waals surface area contributed by atoms with Gasteiger partial charge in [-0.3, -0.25) is 4.40 Å². The Bertz CT molecular complexity index is 356. The number of aromatic nitrogens is 2. The van der Waals surface area contributed by atoms with E-state index in [9.17, 15) is 0 Å². The molecule has 2 N–H and O–H groups in total. The Morgan fingerprint density at radius 2 is 2.42 bits per heavy atom. The van der Waals surface area contributed by atoms with Crippen LogP contribution in [0.3, 0.4) is 0 Å². The monoisotopic (exact) mass is 181 g/mol. The van der Waals surface area contributed by atoms with Gasteiger partial charge in [-0.2, -0.15) is 0 Å². The van der Waals surface area contributed by atoms with Gasteiger partial charge in [0.25, 0.3) is 0 Å². The van der Waals surface area contributed by atoms with E-state index in [0.29, 0.717) is 6.54 Å². The molecule has 2 rings (SSSR count). The smallest absolute Gasteiger partial charge is 0.194 e. The molecule has 0 aliphatic carbocycles. The topological polar surface area (TPSA) is 43.3 Å². The van der Waals surface area contributed by atoms with Crippen LogP contribution in [0.5, 0.6) is 0 Å². The first kappa shape index (κ1) is 7.76. The highest BCUT2D eigenvalue weighted by Gasteiger charge is 2.02. The molecule has 12 heavy (non-hydrogen) atoms. The molecule has 0 amide bonds. The van der Waals surface area contributed by atoms with Gasteiger partial charge in [0.2, 0.25) is 0 Å². The highest BCUT2D eigenvalue weighted by Crippen LogP contribution is 2.17. The van der Waals surface area contributed by atoms with Gasteiger partial charge in [0.05, 0.1) is 5.69 Å². The number of hydrogen-bond acceptors (Lipinski definition) is 3. The predicted molar refractivity (Wildman–Crippen MR) is 50.6 cm³/mol. The minimum Gasteiger partial charge on any atom is -0.330 e. The van der Waals surface area contributed by atoms with Gasteiger partial charge in [0.1, 0.15) is 0 Å². The molecule has 2 aromatic rings. The summed E-state index contributed by atoms with van der Waals surface area (Å²) in [5.41, 5.74) is 6.53. The Balaban J connectivity index is 2.43. The number of imidazole rings is 1. The molecule has 0 radical (unpaired) electrons.